The number of hydrogen-bond acceptors (Lipinski definition) is 4. The summed E-state index contributed by atoms with van der Waals surface area (Å²) in [5.74, 6) is 1.57. The van der Waals surface area contributed by atoms with Gasteiger partial charge in [0.25, 0.3) is 0 Å². The van der Waals surface area contributed by atoms with Crippen molar-refractivity contribution in [3.05, 3.63) is 72.0 Å². The van der Waals surface area contributed by atoms with Gasteiger partial charge in [-0.2, -0.15) is 0 Å². The first-order valence-electron chi connectivity index (χ1n) is 8.82. The van der Waals surface area contributed by atoms with Gasteiger partial charge in [-0.05, 0) is 43.6 Å². The summed E-state index contributed by atoms with van der Waals surface area (Å²) in [6.07, 6.45) is 2.65. The number of aromatic nitrogens is 1. The summed E-state index contributed by atoms with van der Waals surface area (Å²) in [6.45, 7) is 3.84. The summed E-state index contributed by atoms with van der Waals surface area (Å²) in [5.41, 5.74) is 3.21. The molecule has 1 aromatic heterocycles. The highest BCUT2D eigenvalue weighted by molar-refractivity contribution is 5.58. The van der Waals surface area contributed by atoms with E-state index in [2.05, 4.69) is 22.2 Å². The molecule has 0 unspecified atom stereocenters. The fraction of sp³-hybridized carbons (Fsp3) is 0.286. The van der Waals surface area contributed by atoms with E-state index in [4.69, 9.17) is 9.26 Å². The van der Waals surface area contributed by atoms with Crippen molar-refractivity contribution in [3.8, 4) is 17.0 Å². The van der Waals surface area contributed by atoms with Crippen molar-refractivity contribution in [3.63, 3.8) is 0 Å². The van der Waals surface area contributed by atoms with Gasteiger partial charge in [-0.3, -0.25) is 4.90 Å². The number of ether oxygens (including phenoxy) is 1. The molecule has 4 rings (SSSR count). The van der Waals surface area contributed by atoms with E-state index in [9.17, 15) is 0 Å². The predicted molar refractivity (Wildman–Crippen MR) is 97.2 cm³/mol. The van der Waals surface area contributed by atoms with Crippen LogP contribution in [0.4, 0.5) is 0 Å². The molecule has 0 spiro atoms. The van der Waals surface area contributed by atoms with Gasteiger partial charge in [0, 0.05) is 18.2 Å². The minimum absolute atomic E-state index is 0.380. The Morgan fingerprint density at radius 3 is 2.48 bits per heavy atom. The topological polar surface area (TPSA) is 38.5 Å². The summed E-state index contributed by atoms with van der Waals surface area (Å²) < 4.78 is 11.2. The van der Waals surface area contributed by atoms with Crippen molar-refractivity contribution in [1.29, 1.82) is 0 Å². The number of likely N-dealkylation sites (tertiary alicyclic amines) is 1. The standard InChI is InChI=1S/C21H22N2O2/c1-2-6-18(7-3-1)21-14-20(25-22-21)16-24-19-10-8-17(9-11-19)15-23-12-4-5-13-23/h1-3,6-11,14H,4-5,12-13,15-16H2. The Kier molecular flexibility index (Phi) is 4.79. The summed E-state index contributed by atoms with van der Waals surface area (Å²) in [7, 11) is 0. The third-order valence-corrected chi connectivity index (χ3v) is 4.54. The SMILES string of the molecule is c1ccc(-c2cc(COc3ccc(CN4CCCC4)cc3)on2)cc1. The first-order valence-corrected chi connectivity index (χ1v) is 8.82. The fourth-order valence-electron chi connectivity index (χ4n) is 3.17. The second-order valence-corrected chi connectivity index (χ2v) is 6.46. The second-order valence-electron chi connectivity index (χ2n) is 6.46. The molecule has 4 heteroatoms. The zero-order chi connectivity index (χ0) is 16.9. The van der Waals surface area contributed by atoms with E-state index in [-0.39, 0.29) is 0 Å². The summed E-state index contributed by atoms with van der Waals surface area (Å²) in [4.78, 5) is 2.50. The molecule has 0 aliphatic carbocycles. The van der Waals surface area contributed by atoms with Gasteiger partial charge in [0.15, 0.2) is 5.76 Å². The van der Waals surface area contributed by atoms with Crippen LogP contribution in [0.5, 0.6) is 5.75 Å². The van der Waals surface area contributed by atoms with Crippen LogP contribution in [0.2, 0.25) is 0 Å². The van der Waals surface area contributed by atoms with Gasteiger partial charge in [0.1, 0.15) is 18.1 Å². The zero-order valence-corrected chi connectivity index (χ0v) is 14.2. The van der Waals surface area contributed by atoms with E-state index in [0.29, 0.717) is 6.61 Å². The van der Waals surface area contributed by atoms with E-state index in [1.165, 1.54) is 31.5 Å². The Labute approximate surface area is 148 Å². The minimum atomic E-state index is 0.380. The Morgan fingerprint density at radius 2 is 1.72 bits per heavy atom. The summed E-state index contributed by atoms with van der Waals surface area (Å²) >= 11 is 0. The maximum Gasteiger partial charge on any atom is 0.174 e. The van der Waals surface area contributed by atoms with Gasteiger partial charge < -0.3 is 9.26 Å². The lowest BCUT2D eigenvalue weighted by atomic mass is 10.1. The zero-order valence-electron chi connectivity index (χ0n) is 14.2. The molecule has 2 heterocycles. The highest BCUT2D eigenvalue weighted by Crippen LogP contribution is 2.21. The molecule has 3 aromatic rings. The molecule has 0 saturated carbocycles. The molecular weight excluding hydrogens is 312 g/mol. The number of hydrogen-bond donors (Lipinski definition) is 0. The van der Waals surface area contributed by atoms with Crippen LogP contribution < -0.4 is 4.74 Å². The first kappa shape index (κ1) is 15.9. The lowest BCUT2D eigenvalue weighted by Crippen LogP contribution is -2.18. The van der Waals surface area contributed by atoms with Crippen molar-refractivity contribution in [2.75, 3.05) is 13.1 Å². The highest BCUT2D eigenvalue weighted by Gasteiger charge is 2.11. The molecule has 4 nitrogen and oxygen atoms in total. The Morgan fingerprint density at radius 1 is 0.960 bits per heavy atom. The third-order valence-electron chi connectivity index (χ3n) is 4.54. The Balaban J connectivity index is 1.33. The smallest absolute Gasteiger partial charge is 0.174 e. The molecule has 25 heavy (non-hydrogen) atoms. The number of nitrogens with zero attached hydrogens (tertiary/aromatic N) is 2. The Hall–Kier alpha value is -2.59. The van der Waals surface area contributed by atoms with Crippen molar-refractivity contribution >= 4 is 0 Å². The number of rotatable bonds is 6. The molecular formula is C21H22N2O2. The highest BCUT2D eigenvalue weighted by atomic mass is 16.5. The van der Waals surface area contributed by atoms with Crippen LogP contribution in [0.3, 0.4) is 0 Å². The maximum absolute atomic E-state index is 5.82. The predicted octanol–water partition coefficient (Wildman–Crippen LogP) is 4.52. The number of benzene rings is 2. The lowest BCUT2D eigenvalue weighted by molar-refractivity contribution is 0.249. The van der Waals surface area contributed by atoms with Crippen LogP contribution in [0.15, 0.2) is 65.2 Å². The average molecular weight is 334 g/mol. The van der Waals surface area contributed by atoms with Crippen molar-refractivity contribution in [2.45, 2.75) is 26.0 Å². The van der Waals surface area contributed by atoms with Crippen LogP contribution in [0.1, 0.15) is 24.2 Å². The lowest BCUT2D eigenvalue weighted by Gasteiger charge is -2.14. The van der Waals surface area contributed by atoms with Crippen LogP contribution in [0.25, 0.3) is 11.3 Å². The molecule has 0 amide bonds. The van der Waals surface area contributed by atoms with Gasteiger partial charge in [-0.15, -0.1) is 0 Å². The quantitative estimate of drug-likeness (QED) is 0.664. The van der Waals surface area contributed by atoms with Crippen molar-refractivity contribution in [2.24, 2.45) is 0 Å². The molecule has 0 N–H and O–H groups in total. The fourth-order valence-corrected chi connectivity index (χ4v) is 3.17. The minimum Gasteiger partial charge on any atom is -0.486 e. The molecule has 2 aromatic carbocycles. The van der Waals surface area contributed by atoms with Gasteiger partial charge in [0.05, 0.1) is 0 Å². The molecule has 0 radical (unpaired) electrons. The molecule has 0 atom stereocenters. The van der Waals surface area contributed by atoms with Gasteiger partial charge in [-0.25, -0.2) is 0 Å². The molecule has 1 fully saturated rings. The van der Waals surface area contributed by atoms with Gasteiger partial charge >= 0.3 is 0 Å². The van der Waals surface area contributed by atoms with Crippen LogP contribution >= 0.6 is 0 Å². The largest absolute Gasteiger partial charge is 0.486 e. The molecule has 128 valence electrons. The van der Waals surface area contributed by atoms with E-state index in [0.717, 1.165) is 29.3 Å². The van der Waals surface area contributed by atoms with E-state index in [1.54, 1.807) is 0 Å². The van der Waals surface area contributed by atoms with Gasteiger partial charge in [0.2, 0.25) is 0 Å². The first-order chi connectivity index (χ1) is 12.4. The van der Waals surface area contributed by atoms with E-state index in [1.807, 2.05) is 48.5 Å². The average Bonchev–Trinajstić information content (AvgIpc) is 3.34. The normalized spacial score (nSPS) is 14.7. The van der Waals surface area contributed by atoms with Crippen LogP contribution in [-0.2, 0) is 13.2 Å². The van der Waals surface area contributed by atoms with Crippen LogP contribution in [0, 0.1) is 0 Å². The molecule has 1 aliphatic rings. The molecule has 1 aliphatic heterocycles. The Bertz CT molecular complexity index is 790. The van der Waals surface area contributed by atoms with E-state index >= 15 is 0 Å². The summed E-state index contributed by atoms with van der Waals surface area (Å²) in [6, 6.07) is 20.3. The van der Waals surface area contributed by atoms with E-state index < -0.39 is 0 Å². The van der Waals surface area contributed by atoms with Crippen molar-refractivity contribution in [1.82, 2.24) is 10.1 Å². The second kappa shape index (κ2) is 7.53. The molecule has 0 bridgehead atoms. The van der Waals surface area contributed by atoms with Gasteiger partial charge in [-0.1, -0.05) is 47.6 Å². The van der Waals surface area contributed by atoms with Crippen LogP contribution in [-0.4, -0.2) is 23.1 Å². The monoisotopic (exact) mass is 334 g/mol. The summed E-state index contributed by atoms with van der Waals surface area (Å²) in [5, 5.41) is 4.11. The third kappa shape index (κ3) is 4.09. The van der Waals surface area contributed by atoms with Crippen molar-refractivity contribution < 1.29 is 9.26 Å². The maximum atomic E-state index is 5.82. The molecule has 1 saturated heterocycles.